The fourth-order valence-corrected chi connectivity index (χ4v) is 3.01. The first-order chi connectivity index (χ1) is 10.1. The predicted octanol–water partition coefficient (Wildman–Crippen LogP) is 3.54. The second-order valence-corrected chi connectivity index (χ2v) is 5.80. The zero-order valence-electron chi connectivity index (χ0n) is 12.2. The van der Waals surface area contributed by atoms with E-state index in [1.54, 1.807) is 7.11 Å². The highest BCUT2D eigenvalue weighted by Gasteiger charge is 2.26. The molecule has 112 valence electrons. The van der Waals surface area contributed by atoms with Gasteiger partial charge in [0.1, 0.15) is 5.75 Å². The fourth-order valence-electron chi connectivity index (χ4n) is 2.51. The Balaban J connectivity index is 2.43. The van der Waals surface area contributed by atoms with E-state index in [1.807, 2.05) is 49.4 Å². The van der Waals surface area contributed by atoms with Crippen molar-refractivity contribution in [3.05, 3.63) is 63.6 Å². The van der Waals surface area contributed by atoms with Crippen molar-refractivity contribution in [1.82, 2.24) is 0 Å². The molecule has 2 rings (SSSR count). The number of hydrogen-bond acceptors (Lipinski definition) is 3. The van der Waals surface area contributed by atoms with Crippen LogP contribution in [0.25, 0.3) is 0 Å². The van der Waals surface area contributed by atoms with Crippen LogP contribution in [-0.2, 0) is 0 Å². The summed E-state index contributed by atoms with van der Waals surface area (Å²) in [4.78, 5) is 0. The van der Waals surface area contributed by atoms with Gasteiger partial charge in [-0.05, 0) is 24.1 Å². The molecule has 0 aromatic heterocycles. The Bertz CT molecular complexity index is 615. The van der Waals surface area contributed by atoms with Gasteiger partial charge >= 0.3 is 0 Å². The van der Waals surface area contributed by atoms with Gasteiger partial charge in [-0.15, -0.1) is 0 Å². The summed E-state index contributed by atoms with van der Waals surface area (Å²) in [6.45, 7) is 2.34. The van der Waals surface area contributed by atoms with Crippen LogP contribution in [0.5, 0.6) is 5.75 Å². The summed E-state index contributed by atoms with van der Waals surface area (Å²) in [5.41, 5.74) is 8.77. The lowest BCUT2D eigenvalue weighted by atomic mass is 9.88. The van der Waals surface area contributed by atoms with Crippen LogP contribution in [0.15, 0.2) is 46.9 Å². The molecule has 0 bridgehead atoms. The van der Waals surface area contributed by atoms with Crippen LogP contribution >= 0.6 is 15.9 Å². The fraction of sp³-hybridized carbons (Fsp3) is 0.294. The zero-order valence-corrected chi connectivity index (χ0v) is 13.8. The molecule has 0 heterocycles. The maximum atomic E-state index is 10.8. The average molecular weight is 350 g/mol. The summed E-state index contributed by atoms with van der Waals surface area (Å²) in [6.07, 6.45) is -0.694. The van der Waals surface area contributed by atoms with Crippen molar-refractivity contribution in [1.29, 1.82) is 0 Å². The molecule has 0 saturated heterocycles. The molecule has 0 amide bonds. The van der Waals surface area contributed by atoms with Crippen molar-refractivity contribution in [2.24, 2.45) is 5.73 Å². The van der Waals surface area contributed by atoms with Crippen molar-refractivity contribution in [2.75, 3.05) is 13.7 Å². The molecule has 0 aliphatic carbocycles. The van der Waals surface area contributed by atoms with E-state index in [2.05, 4.69) is 15.9 Å². The predicted molar refractivity (Wildman–Crippen MR) is 88.6 cm³/mol. The number of nitrogens with two attached hydrogens (primary N) is 1. The maximum Gasteiger partial charge on any atom is 0.122 e. The molecule has 0 aliphatic rings. The second-order valence-electron chi connectivity index (χ2n) is 5.01. The van der Waals surface area contributed by atoms with E-state index in [0.29, 0.717) is 6.54 Å². The topological polar surface area (TPSA) is 55.5 Å². The molecule has 0 fully saturated rings. The number of ether oxygens (including phenoxy) is 1. The van der Waals surface area contributed by atoms with Crippen LogP contribution in [0.4, 0.5) is 0 Å². The van der Waals surface area contributed by atoms with Crippen LogP contribution in [-0.4, -0.2) is 18.8 Å². The Morgan fingerprint density at radius 1 is 1.14 bits per heavy atom. The minimum atomic E-state index is -0.694. The third-order valence-electron chi connectivity index (χ3n) is 3.71. The van der Waals surface area contributed by atoms with Gasteiger partial charge in [0.25, 0.3) is 0 Å². The van der Waals surface area contributed by atoms with Crippen molar-refractivity contribution in [3.8, 4) is 5.75 Å². The van der Waals surface area contributed by atoms with E-state index in [4.69, 9.17) is 10.5 Å². The van der Waals surface area contributed by atoms with Crippen molar-refractivity contribution in [2.45, 2.75) is 18.9 Å². The van der Waals surface area contributed by atoms with Gasteiger partial charge in [0.05, 0.1) is 13.2 Å². The molecule has 2 aromatic carbocycles. The molecule has 0 spiro atoms. The molecule has 21 heavy (non-hydrogen) atoms. The molecule has 2 atom stereocenters. The summed E-state index contributed by atoms with van der Waals surface area (Å²) in [5.74, 6) is 0.523. The van der Waals surface area contributed by atoms with E-state index >= 15 is 0 Å². The SMILES string of the molecule is COc1ccccc1C(CN)C(O)c1cccc(C)c1Br. The van der Waals surface area contributed by atoms with E-state index in [1.165, 1.54) is 0 Å². The van der Waals surface area contributed by atoms with Crippen LogP contribution < -0.4 is 10.5 Å². The molecule has 0 aliphatic heterocycles. The lowest BCUT2D eigenvalue weighted by molar-refractivity contribution is 0.145. The number of rotatable bonds is 5. The molecule has 3 nitrogen and oxygen atoms in total. The molecule has 0 radical (unpaired) electrons. The van der Waals surface area contributed by atoms with Crippen molar-refractivity contribution < 1.29 is 9.84 Å². The van der Waals surface area contributed by atoms with E-state index in [-0.39, 0.29) is 5.92 Å². The van der Waals surface area contributed by atoms with E-state index in [0.717, 1.165) is 26.9 Å². The van der Waals surface area contributed by atoms with Gasteiger partial charge in [0.15, 0.2) is 0 Å². The highest BCUT2D eigenvalue weighted by molar-refractivity contribution is 9.10. The Kier molecular flexibility index (Phi) is 5.39. The van der Waals surface area contributed by atoms with Gasteiger partial charge < -0.3 is 15.6 Å². The van der Waals surface area contributed by atoms with Crippen LogP contribution in [0.3, 0.4) is 0 Å². The molecule has 2 aromatic rings. The van der Waals surface area contributed by atoms with Gasteiger partial charge in [-0.25, -0.2) is 0 Å². The third-order valence-corrected chi connectivity index (χ3v) is 4.80. The summed E-state index contributed by atoms with van der Waals surface area (Å²) in [7, 11) is 1.63. The standard InChI is InChI=1S/C17H20BrNO2/c1-11-6-5-8-13(16(11)18)17(20)14(10-19)12-7-3-4-9-15(12)21-2/h3-9,14,17,20H,10,19H2,1-2H3. The monoisotopic (exact) mass is 349 g/mol. The average Bonchev–Trinajstić information content (AvgIpc) is 2.51. The number of halogens is 1. The summed E-state index contributed by atoms with van der Waals surface area (Å²) in [6, 6.07) is 13.5. The van der Waals surface area contributed by atoms with Crippen LogP contribution in [0, 0.1) is 6.92 Å². The van der Waals surface area contributed by atoms with E-state index in [9.17, 15) is 5.11 Å². The Morgan fingerprint density at radius 3 is 2.48 bits per heavy atom. The van der Waals surface area contributed by atoms with Crippen molar-refractivity contribution >= 4 is 15.9 Å². The third kappa shape index (κ3) is 3.28. The number of aliphatic hydroxyl groups is 1. The first kappa shape index (κ1) is 16.0. The summed E-state index contributed by atoms with van der Waals surface area (Å²) in [5, 5.41) is 10.8. The highest BCUT2D eigenvalue weighted by Crippen LogP contribution is 2.38. The maximum absolute atomic E-state index is 10.8. The lowest BCUT2D eigenvalue weighted by Crippen LogP contribution is -2.21. The number of hydrogen-bond donors (Lipinski definition) is 2. The van der Waals surface area contributed by atoms with Crippen molar-refractivity contribution in [3.63, 3.8) is 0 Å². The van der Waals surface area contributed by atoms with Gasteiger partial charge in [-0.2, -0.15) is 0 Å². The number of para-hydroxylation sites is 1. The van der Waals surface area contributed by atoms with Crippen LogP contribution in [0.1, 0.15) is 28.7 Å². The molecule has 0 saturated carbocycles. The summed E-state index contributed by atoms with van der Waals surface area (Å²) >= 11 is 3.55. The largest absolute Gasteiger partial charge is 0.496 e. The molecule has 2 unspecified atom stereocenters. The van der Waals surface area contributed by atoms with Gasteiger partial charge in [0, 0.05) is 22.5 Å². The van der Waals surface area contributed by atoms with Gasteiger partial charge in [0.2, 0.25) is 0 Å². The van der Waals surface area contributed by atoms with E-state index < -0.39 is 6.10 Å². The van der Waals surface area contributed by atoms with Gasteiger partial charge in [-0.1, -0.05) is 52.3 Å². The minimum absolute atomic E-state index is 0.223. The zero-order chi connectivity index (χ0) is 15.4. The molecular formula is C17H20BrNO2. The highest BCUT2D eigenvalue weighted by atomic mass is 79.9. The number of methoxy groups -OCH3 is 1. The first-order valence-electron chi connectivity index (χ1n) is 6.86. The summed E-state index contributed by atoms with van der Waals surface area (Å²) < 4.78 is 6.31. The Morgan fingerprint density at radius 2 is 1.81 bits per heavy atom. The molecule has 3 N–H and O–H groups in total. The Labute approximate surface area is 133 Å². The number of aliphatic hydroxyl groups excluding tert-OH is 1. The first-order valence-corrected chi connectivity index (χ1v) is 7.65. The normalized spacial score (nSPS) is 13.8. The number of benzene rings is 2. The smallest absolute Gasteiger partial charge is 0.122 e. The lowest BCUT2D eigenvalue weighted by Gasteiger charge is -2.25. The van der Waals surface area contributed by atoms with Gasteiger partial charge in [-0.3, -0.25) is 0 Å². The quantitative estimate of drug-likeness (QED) is 0.867. The second kappa shape index (κ2) is 7.07. The Hall–Kier alpha value is -1.36. The molecule has 4 heteroatoms. The molecular weight excluding hydrogens is 330 g/mol. The van der Waals surface area contributed by atoms with Crippen LogP contribution in [0.2, 0.25) is 0 Å². The minimum Gasteiger partial charge on any atom is -0.496 e. The number of aryl methyl sites for hydroxylation is 1.